The number of piperazine rings is 1. The second-order valence-electron chi connectivity index (χ2n) is 12.4. The van der Waals surface area contributed by atoms with Crippen LogP contribution in [-0.2, 0) is 20.8 Å². The van der Waals surface area contributed by atoms with Crippen LogP contribution in [0.5, 0.6) is 5.75 Å². The third kappa shape index (κ3) is 9.63. The van der Waals surface area contributed by atoms with Crippen molar-refractivity contribution in [3.63, 3.8) is 0 Å². The Morgan fingerprint density at radius 2 is 1.74 bits per heavy atom. The standard InChI is InChI=1S/C34H43N7O6/c1-34(2,3)47-33(44)40-15-13-39(14-16-40)30-11-12-35-23-29(30)37-32(43)28-5-4-6-31(36-28)41(25-42)24-26-7-9-27(10-8-26)46-22-19-38-17-20-45-21-18-38/h4-12,23,25H,13-22,24H2,1-3H3,(H,37,43). The molecule has 0 spiro atoms. The average molecular weight is 646 g/mol. The van der Waals surface area contributed by atoms with Crippen LogP contribution in [0, 0.1) is 0 Å². The number of carbonyl (C=O) groups excluding carboxylic acids is 3. The Bertz CT molecular complexity index is 1500. The first-order chi connectivity index (χ1) is 22.7. The van der Waals surface area contributed by atoms with Crippen LogP contribution in [0.4, 0.5) is 22.0 Å². The minimum Gasteiger partial charge on any atom is -0.492 e. The van der Waals surface area contributed by atoms with Crippen molar-refractivity contribution in [2.24, 2.45) is 0 Å². The molecule has 1 aromatic carbocycles. The number of hydrogen-bond donors (Lipinski definition) is 1. The zero-order chi connectivity index (χ0) is 33.2. The molecule has 0 bridgehead atoms. The average Bonchev–Trinajstić information content (AvgIpc) is 3.08. The molecule has 250 valence electrons. The Kier molecular flexibility index (Phi) is 11.2. The van der Waals surface area contributed by atoms with E-state index in [4.69, 9.17) is 14.2 Å². The van der Waals surface area contributed by atoms with Crippen LogP contribution in [0.2, 0.25) is 0 Å². The number of anilines is 3. The van der Waals surface area contributed by atoms with Crippen LogP contribution in [0.15, 0.2) is 60.9 Å². The van der Waals surface area contributed by atoms with E-state index in [1.807, 2.05) is 51.1 Å². The predicted octanol–water partition coefficient (Wildman–Crippen LogP) is 3.66. The van der Waals surface area contributed by atoms with Gasteiger partial charge in [-0.25, -0.2) is 9.78 Å². The molecular weight excluding hydrogens is 602 g/mol. The highest BCUT2D eigenvalue weighted by Gasteiger charge is 2.27. The molecule has 3 aromatic rings. The number of nitrogens with zero attached hydrogens (tertiary/aromatic N) is 6. The third-order valence-electron chi connectivity index (χ3n) is 7.76. The summed E-state index contributed by atoms with van der Waals surface area (Å²) in [5.41, 5.74) is 1.80. The summed E-state index contributed by atoms with van der Waals surface area (Å²) < 4.78 is 16.8. The monoisotopic (exact) mass is 645 g/mol. The predicted molar refractivity (Wildman–Crippen MR) is 178 cm³/mol. The van der Waals surface area contributed by atoms with Gasteiger partial charge < -0.3 is 29.3 Å². The van der Waals surface area contributed by atoms with E-state index >= 15 is 0 Å². The summed E-state index contributed by atoms with van der Waals surface area (Å²) in [6.45, 7) is 12.7. The number of ether oxygens (including phenoxy) is 3. The topological polar surface area (TPSA) is 130 Å². The molecule has 0 aliphatic carbocycles. The second kappa shape index (κ2) is 15.7. The van der Waals surface area contributed by atoms with E-state index in [-0.39, 0.29) is 18.3 Å². The third-order valence-corrected chi connectivity index (χ3v) is 7.76. The highest BCUT2D eigenvalue weighted by molar-refractivity contribution is 6.04. The zero-order valence-corrected chi connectivity index (χ0v) is 27.3. The lowest BCUT2D eigenvalue weighted by Gasteiger charge is -2.37. The van der Waals surface area contributed by atoms with Crippen molar-refractivity contribution in [2.75, 3.05) is 80.8 Å². The van der Waals surface area contributed by atoms with Crippen LogP contribution in [0.25, 0.3) is 0 Å². The number of morpholine rings is 1. The highest BCUT2D eigenvalue weighted by atomic mass is 16.6. The summed E-state index contributed by atoms with van der Waals surface area (Å²) in [5, 5.41) is 2.93. The van der Waals surface area contributed by atoms with Crippen molar-refractivity contribution < 1.29 is 28.6 Å². The molecule has 13 heteroatoms. The Balaban J connectivity index is 1.17. The maximum atomic E-state index is 13.4. The molecule has 4 heterocycles. The largest absolute Gasteiger partial charge is 0.492 e. The lowest BCUT2D eigenvalue weighted by Crippen LogP contribution is -2.50. The molecule has 0 atom stereocenters. The van der Waals surface area contributed by atoms with E-state index in [9.17, 15) is 14.4 Å². The van der Waals surface area contributed by atoms with Crippen molar-refractivity contribution >= 4 is 35.6 Å². The van der Waals surface area contributed by atoms with E-state index in [0.29, 0.717) is 50.7 Å². The van der Waals surface area contributed by atoms with E-state index < -0.39 is 11.5 Å². The van der Waals surface area contributed by atoms with Gasteiger partial charge >= 0.3 is 6.09 Å². The van der Waals surface area contributed by atoms with Crippen LogP contribution >= 0.6 is 0 Å². The fourth-order valence-corrected chi connectivity index (χ4v) is 5.29. The van der Waals surface area contributed by atoms with Crippen LogP contribution in [0.3, 0.4) is 0 Å². The van der Waals surface area contributed by atoms with Gasteiger partial charge in [-0.2, -0.15) is 0 Å². The summed E-state index contributed by atoms with van der Waals surface area (Å²) in [6.07, 6.45) is 3.62. The Morgan fingerprint density at radius 3 is 2.45 bits per heavy atom. The normalized spacial score (nSPS) is 15.6. The van der Waals surface area contributed by atoms with E-state index in [2.05, 4.69) is 25.1 Å². The summed E-state index contributed by atoms with van der Waals surface area (Å²) >= 11 is 0. The first-order valence-corrected chi connectivity index (χ1v) is 15.9. The van der Waals surface area contributed by atoms with Crippen LogP contribution < -0.4 is 19.9 Å². The number of nitrogens with one attached hydrogen (secondary N) is 1. The summed E-state index contributed by atoms with van der Waals surface area (Å²) in [5.74, 6) is 0.678. The van der Waals surface area contributed by atoms with Gasteiger partial charge in [0.25, 0.3) is 5.91 Å². The Morgan fingerprint density at radius 1 is 1.00 bits per heavy atom. The number of rotatable bonds is 11. The first kappa shape index (κ1) is 33.6. The molecule has 5 rings (SSSR count). The molecular formula is C34H43N7O6. The molecule has 1 N–H and O–H groups in total. The molecule has 2 fully saturated rings. The SMILES string of the molecule is CC(C)(C)OC(=O)N1CCN(c2ccncc2NC(=O)c2cccc(N(C=O)Cc3ccc(OCCN4CCOCC4)cc3)n2)CC1. The molecule has 2 aromatic heterocycles. The lowest BCUT2D eigenvalue weighted by molar-refractivity contribution is -0.107. The first-order valence-electron chi connectivity index (χ1n) is 15.9. The molecule has 2 aliphatic heterocycles. The summed E-state index contributed by atoms with van der Waals surface area (Å²) in [7, 11) is 0. The zero-order valence-electron chi connectivity index (χ0n) is 27.3. The van der Waals surface area contributed by atoms with Gasteiger partial charge in [-0.05, 0) is 56.7 Å². The van der Waals surface area contributed by atoms with Crippen molar-refractivity contribution in [1.29, 1.82) is 0 Å². The number of pyridine rings is 2. The minimum atomic E-state index is -0.560. The van der Waals surface area contributed by atoms with Gasteiger partial charge in [0.15, 0.2) is 0 Å². The van der Waals surface area contributed by atoms with E-state index in [1.165, 1.54) is 4.90 Å². The molecule has 47 heavy (non-hydrogen) atoms. The van der Waals surface area contributed by atoms with Crippen molar-refractivity contribution in [2.45, 2.75) is 32.9 Å². The molecule has 0 saturated carbocycles. The fourth-order valence-electron chi connectivity index (χ4n) is 5.29. The molecule has 2 saturated heterocycles. The molecule has 13 nitrogen and oxygen atoms in total. The second-order valence-corrected chi connectivity index (χ2v) is 12.4. The number of carbonyl (C=O) groups is 3. The molecule has 3 amide bonds. The number of aromatic nitrogens is 2. The maximum absolute atomic E-state index is 13.4. The van der Waals surface area contributed by atoms with Gasteiger partial charge in [0.05, 0.1) is 37.3 Å². The van der Waals surface area contributed by atoms with Gasteiger partial charge in [-0.15, -0.1) is 0 Å². The van der Waals surface area contributed by atoms with Gasteiger partial charge in [0.2, 0.25) is 6.41 Å². The molecule has 2 aliphatic rings. The van der Waals surface area contributed by atoms with Gasteiger partial charge in [0, 0.05) is 52.0 Å². The Labute approximate surface area is 275 Å². The highest BCUT2D eigenvalue weighted by Crippen LogP contribution is 2.27. The maximum Gasteiger partial charge on any atom is 0.410 e. The van der Waals surface area contributed by atoms with Crippen molar-refractivity contribution in [3.8, 4) is 5.75 Å². The number of benzene rings is 1. The van der Waals surface area contributed by atoms with Gasteiger partial charge in [-0.1, -0.05) is 18.2 Å². The number of hydrogen-bond acceptors (Lipinski definition) is 10. The Hall–Kier alpha value is -4.75. The summed E-state index contributed by atoms with van der Waals surface area (Å²) in [6, 6.07) is 14.4. The minimum absolute atomic E-state index is 0.155. The van der Waals surface area contributed by atoms with Gasteiger partial charge in [-0.3, -0.25) is 24.4 Å². The van der Waals surface area contributed by atoms with Crippen LogP contribution in [-0.4, -0.2) is 109 Å². The smallest absolute Gasteiger partial charge is 0.410 e. The fraction of sp³-hybridized carbons (Fsp3) is 0.441. The number of amides is 3. The van der Waals surface area contributed by atoms with Crippen molar-refractivity contribution in [3.05, 3.63) is 72.2 Å². The van der Waals surface area contributed by atoms with E-state index in [0.717, 1.165) is 49.8 Å². The quantitative estimate of drug-likeness (QED) is 0.309. The van der Waals surface area contributed by atoms with Gasteiger partial charge in [0.1, 0.15) is 29.5 Å². The lowest BCUT2D eigenvalue weighted by atomic mass is 10.2. The molecule has 0 radical (unpaired) electrons. The van der Waals surface area contributed by atoms with Crippen LogP contribution in [0.1, 0.15) is 36.8 Å². The van der Waals surface area contributed by atoms with Crippen molar-refractivity contribution in [1.82, 2.24) is 19.8 Å². The molecule has 0 unspecified atom stereocenters. The summed E-state index contributed by atoms with van der Waals surface area (Å²) in [4.78, 5) is 54.2. The van der Waals surface area contributed by atoms with E-state index in [1.54, 1.807) is 35.5 Å².